The molecule has 0 bridgehead atoms. The second-order valence-electron chi connectivity index (χ2n) is 5.12. The van der Waals surface area contributed by atoms with E-state index in [-0.39, 0.29) is 28.9 Å². The molecule has 1 saturated carbocycles. The molecule has 1 aromatic rings. The molecule has 1 amide bonds. The van der Waals surface area contributed by atoms with Gasteiger partial charge >= 0.3 is 0 Å². The van der Waals surface area contributed by atoms with Crippen molar-refractivity contribution in [2.24, 2.45) is 11.8 Å². The fraction of sp³-hybridized carbons (Fsp3) is 0.462. The van der Waals surface area contributed by atoms with Crippen LogP contribution >= 0.6 is 0 Å². The molecule has 7 nitrogen and oxygen atoms in total. The maximum atomic E-state index is 12.1. The summed E-state index contributed by atoms with van der Waals surface area (Å²) in [5.41, 5.74) is 2.50. The largest absolute Gasteiger partial charge is 0.349 e. The van der Waals surface area contributed by atoms with E-state index in [1.54, 1.807) is 0 Å². The monoisotopic (exact) mass is 278 g/mol. The van der Waals surface area contributed by atoms with Crippen LogP contribution in [0.5, 0.6) is 0 Å². The first-order valence-corrected chi connectivity index (χ1v) is 6.59. The molecule has 1 fully saturated rings. The summed E-state index contributed by atoms with van der Waals surface area (Å²) >= 11 is 0. The Labute approximate surface area is 116 Å². The number of carbonyl (C=O) groups is 1. The SMILES string of the molecule is CC1CCCC1NC(=O)c1ccc(NN)c([N+](=O)[O-])c1. The van der Waals surface area contributed by atoms with Gasteiger partial charge in [0.15, 0.2) is 0 Å². The summed E-state index contributed by atoms with van der Waals surface area (Å²) in [7, 11) is 0. The van der Waals surface area contributed by atoms with Gasteiger partial charge in [0, 0.05) is 17.7 Å². The summed E-state index contributed by atoms with van der Waals surface area (Å²) in [5.74, 6) is 5.37. The van der Waals surface area contributed by atoms with Gasteiger partial charge in [0.25, 0.3) is 11.6 Å². The molecule has 0 aromatic heterocycles. The molecular weight excluding hydrogens is 260 g/mol. The minimum absolute atomic E-state index is 0.147. The van der Waals surface area contributed by atoms with Gasteiger partial charge in [0.2, 0.25) is 0 Å². The molecule has 1 aromatic carbocycles. The molecule has 20 heavy (non-hydrogen) atoms. The molecule has 1 aliphatic carbocycles. The number of nitrogens with one attached hydrogen (secondary N) is 2. The van der Waals surface area contributed by atoms with Gasteiger partial charge in [-0.25, -0.2) is 0 Å². The van der Waals surface area contributed by atoms with Crippen LogP contribution < -0.4 is 16.6 Å². The predicted molar refractivity (Wildman–Crippen MR) is 75.2 cm³/mol. The Bertz CT molecular complexity index is 532. The highest BCUT2D eigenvalue weighted by molar-refractivity contribution is 5.95. The van der Waals surface area contributed by atoms with Crippen molar-refractivity contribution in [1.29, 1.82) is 0 Å². The molecule has 0 heterocycles. The first kappa shape index (κ1) is 14.3. The zero-order valence-corrected chi connectivity index (χ0v) is 11.3. The Morgan fingerprint density at radius 3 is 2.75 bits per heavy atom. The number of carbonyl (C=O) groups excluding carboxylic acids is 1. The van der Waals surface area contributed by atoms with E-state index in [2.05, 4.69) is 17.7 Å². The van der Waals surface area contributed by atoms with Crippen LogP contribution in [0.4, 0.5) is 11.4 Å². The molecule has 0 spiro atoms. The Balaban J connectivity index is 2.17. The van der Waals surface area contributed by atoms with Gasteiger partial charge in [-0.1, -0.05) is 13.3 Å². The topological polar surface area (TPSA) is 110 Å². The zero-order valence-electron chi connectivity index (χ0n) is 11.3. The number of nitrogens with zero attached hydrogens (tertiary/aromatic N) is 1. The molecular formula is C13H18N4O3. The lowest BCUT2D eigenvalue weighted by atomic mass is 10.1. The third-order valence-electron chi connectivity index (χ3n) is 3.79. The van der Waals surface area contributed by atoms with Gasteiger partial charge in [-0.05, 0) is 30.9 Å². The van der Waals surface area contributed by atoms with Gasteiger partial charge in [-0.2, -0.15) is 0 Å². The van der Waals surface area contributed by atoms with Crippen LogP contribution in [0, 0.1) is 16.0 Å². The lowest BCUT2D eigenvalue weighted by Gasteiger charge is -2.17. The van der Waals surface area contributed by atoms with E-state index in [4.69, 9.17) is 5.84 Å². The first-order chi connectivity index (χ1) is 9.52. The molecule has 7 heteroatoms. The van der Waals surface area contributed by atoms with E-state index in [0.717, 1.165) is 19.3 Å². The molecule has 0 radical (unpaired) electrons. The second kappa shape index (κ2) is 5.87. The van der Waals surface area contributed by atoms with Crippen molar-refractivity contribution in [2.75, 3.05) is 5.43 Å². The number of hydrazine groups is 1. The van der Waals surface area contributed by atoms with Crippen molar-refractivity contribution < 1.29 is 9.72 Å². The number of nitro benzene ring substituents is 1. The minimum atomic E-state index is -0.565. The third-order valence-corrected chi connectivity index (χ3v) is 3.79. The maximum Gasteiger partial charge on any atom is 0.294 e. The summed E-state index contributed by atoms with van der Waals surface area (Å²) in [4.78, 5) is 22.5. The van der Waals surface area contributed by atoms with E-state index in [1.807, 2.05) is 0 Å². The Morgan fingerprint density at radius 1 is 1.45 bits per heavy atom. The number of rotatable bonds is 4. The van der Waals surface area contributed by atoms with Crippen LogP contribution in [0.1, 0.15) is 36.5 Å². The predicted octanol–water partition coefficient (Wildman–Crippen LogP) is 1.80. The van der Waals surface area contributed by atoms with Crippen LogP contribution in [-0.4, -0.2) is 16.9 Å². The minimum Gasteiger partial charge on any atom is -0.349 e. The number of anilines is 1. The van der Waals surface area contributed by atoms with E-state index in [1.165, 1.54) is 18.2 Å². The quantitative estimate of drug-likeness (QED) is 0.442. The highest BCUT2D eigenvalue weighted by Crippen LogP contribution is 2.27. The summed E-state index contributed by atoms with van der Waals surface area (Å²) < 4.78 is 0. The van der Waals surface area contributed by atoms with E-state index in [0.29, 0.717) is 5.92 Å². The summed E-state index contributed by atoms with van der Waals surface area (Å²) in [5, 5.41) is 13.9. The van der Waals surface area contributed by atoms with Crippen LogP contribution in [0.2, 0.25) is 0 Å². The molecule has 0 aliphatic heterocycles. The van der Waals surface area contributed by atoms with E-state index >= 15 is 0 Å². The Hall–Kier alpha value is -2.15. The van der Waals surface area contributed by atoms with Crippen LogP contribution in [0.15, 0.2) is 18.2 Å². The lowest BCUT2D eigenvalue weighted by Crippen LogP contribution is -2.36. The number of amides is 1. The Kier molecular flexibility index (Phi) is 4.19. The van der Waals surface area contributed by atoms with Gasteiger partial charge < -0.3 is 10.7 Å². The van der Waals surface area contributed by atoms with Crippen molar-refractivity contribution in [2.45, 2.75) is 32.2 Å². The molecule has 2 rings (SSSR count). The van der Waals surface area contributed by atoms with Gasteiger partial charge in [-0.3, -0.25) is 20.8 Å². The fourth-order valence-corrected chi connectivity index (χ4v) is 2.56. The van der Waals surface area contributed by atoms with E-state index < -0.39 is 4.92 Å². The highest BCUT2D eigenvalue weighted by atomic mass is 16.6. The molecule has 108 valence electrons. The standard InChI is InChI=1S/C13H18N4O3/c1-8-3-2-4-10(8)15-13(18)9-5-6-11(16-14)12(7-9)17(19)20/h5-8,10,16H,2-4,14H2,1H3,(H,15,18). The zero-order chi connectivity index (χ0) is 14.7. The van der Waals surface area contributed by atoms with Crippen LogP contribution in [0.25, 0.3) is 0 Å². The molecule has 2 unspecified atom stereocenters. The smallest absolute Gasteiger partial charge is 0.294 e. The highest BCUT2D eigenvalue weighted by Gasteiger charge is 2.26. The van der Waals surface area contributed by atoms with Crippen LogP contribution in [0.3, 0.4) is 0 Å². The van der Waals surface area contributed by atoms with Gasteiger partial charge in [0.05, 0.1) is 4.92 Å². The number of benzene rings is 1. The number of nitrogens with two attached hydrogens (primary N) is 1. The average molecular weight is 278 g/mol. The van der Waals surface area contributed by atoms with E-state index in [9.17, 15) is 14.9 Å². The lowest BCUT2D eigenvalue weighted by molar-refractivity contribution is -0.384. The van der Waals surface area contributed by atoms with Crippen LogP contribution in [-0.2, 0) is 0 Å². The maximum absolute atomic E-state index is 12.1. The summed E-state index contributed by atoms with van der Waals surface area (Å²) in [6.45, 7) is 2.10. The van der Waals surface area contributed by atoms with Crippen molar-refractivity contribution in [3.05, 3.63) is 33.9 Å². The number of hydrogen-bond acceptors (Lipinski definition) is 5. The molecule has 4 N–H and O–H groups in total. The molecule has 2 atom stereocenters. The van der Waals surface area contributed by atoms with Crippen molar-refractivity contribution in [3.63, 3.8) is 0 Å². The normalized spacial score (nSPS) is 21.5. The van der Waals surface area contributed by atoms with Gasteiger partial charge in [-0.15, -0.1) is 0 Å². The van der Waals surface area contributed by atoms with Crippen molar-refractivity contribution in [3.8, 4) is 0 Å². The number of hydrogen-bond donors (Lipinski definition) is 3. The fourth-order valence-electron chi connectivity index (χ4n) is 2.56. The van der Waals surface area contributed by atoms with Crippen molar-refractivity contribution in [1.82, 2.24) is 5.32 Å². The summed E-state index contributed by atoms with van der Waals surface area (Å²) in [6.07, 6.45) is 3.15. The third kappa shape index (κ3) is 2.88. The average Bonchev–Trinajstić information content (AvgIpc) is 2.83. The Morgan fingerprint density at radius 2 is 2.20 bits per heavy atom. The van der Waals surface area contributed by atoms with Crippen molar-refractivity contribution >= 4 is 17.3 Å². The second-order valence-corrected chi connectivity index (χ2v) is 5.12. The summed E-state index contributed by atoms with van der Waals surface area (Å²) in [6, 6.07) is 4.35. The van der Waals surface area contributed by atoms with Gasteiger partial charge in [0.1, 0.15) is 5.69 Å². The first-order valence-electron chi connectivity index (χ1n) is 6.59. The number of nitro groups is 1. The molecule has 1 aliphatic rings. The number of nitrogen functional groups attached to an aromatic ring is 1. The molecule has 0 saturated heterocycles.